The minimum absolute atomic E-state index is 0.143. The number of amides is 1. The number of carbonyl (C=O) groups is 1. The third-order valence-electron chi connectivity index (χ3n) is 4.14. The maximum atomic E-state index is 12.6. The molecule has 0 spiro atoms. The van der Waals surface area contributed by atoms with Crippen molar-refractivity contribution in [3.8, 4) is 0 Å². The van der Waals surface area contributed by atoms with E-state index in [1.54, 1.807) is 6.20 Å². The van der Waals surface area contributed by atoms with E-state index < -0.39 is 0 Å². The molecule has 2 aromatic carbocycles. The molecule has 4 nitrogen and oxygen atoms in total. The highest BCUT2D eigenvalue weighted by molar-refractivity contribution is 7.22. The Bertz CT molecular complexity index is 1040. The highest BCUT2D eigenvalue weighted by atomic mass is 32.1. The lowest BCUT2D eigenvalue weighted by Crippen LogP contribution is -2.10. The molecule has 0 atom stereocenters. The summed E-state index contributed by atoms with van der Waals surface area (Å²) < 4.78 is 1.09. The number of para-hydroxylation sites is 1. The van der Waals surface area contributed by atoms with Gasteiger partial charge in [0.25, 0.3) is 5.91 Å². The monoisotopic (exact) mass is 321 g/mol. The Morgan fingerprint density at radius 2 is 2.00 bits per heavy atom. The van der Waals surface area contributed by atoms with Gasteiger partial charge >= 0.3 is 0 Å². The van der Waals surface area contributed by atoms with Crippen molar-refractivity contribution < 1.29 is 4.79 Å². The molecular formula is C18H15N3OS. The molecule has 0 saturated heterocycles. The number of nitrogens with one attached hydrogen (secondary N) is 2. The Balaban J connectivity index is 1.70. The fraction of sp³-hybridized carbons (Fsp3) is 0.111. The van der Waals surface area contributed by atoms with Crippen molar-refractivity contribution in [1.82, 2.24) is 9.97 Å². The summed E-state index contributed by atoms with van der Waals surface area (Å²) in [5.41, 5.74) is 4.91. The number of rotatable bonds is 2. The van der Waals surface area contributed by atoms with Crippen LogP contribution in [0.3, 0.4) is 0 Å². The predicted octanol–water partition coefficient (Wildman–Crippen LogP) is 4.65. The van der Waals surface area contributed by atoms with Crippen molar-refractivity contribution in [1.29, 1.82) is 0 Å². The van der Waals surface area contributed by atoms with E-state index >= 15 is 0 Å². The minimum atomic E-state index is -0.143. The number of hydrogen-bond acceptors (Lipinski definition) is 3. The normalized spacial score (nSPS) is 11.2. The first-order chi connectivity index (χ1) is 11.1. The van der Waals surface area contributed by atoms with E-state index in [-0.39, 0.29) is 5.91 Å². The van der Waals surface area contributed by atoms with E-state index in [9.17, 15) is 4.79 Å². The van der Waals surface area contributed by atoms with Crippen LogP contribution in [0, 0.1) is 13.8 Å². The molecule has 114 valence electrons. The Labute approximate surface area is 137 Å². The summed E-state index contributed by atoms with van der Waals surface area (Å²) in [7, 11) is 0. The number of aromatic nitrogens is 2. The van der Waals surface area contributed by atoms with Crippen LogP contribution in [0.5, 0.6) is 0 Å². The Kier molecular flexibility index (Phi) is 3.16. The first kappa shape index (κ1) is 14.0. The summed E-state index contributed by atoms with van der Waals surface area (Å²) in [4.78, 5) is 20.3. The quantitative estimate of drug-likeness (QED) is 0.565. The average Bonchev–Trinajstić information content (AvgIpc) is 3.15. The molecule has 5 heteroatoms. The van der Waals surface area contributed by atoms with Crippen LogP contribution in [0.25, 0.3) is 21.1 Å². The predicted molar refractivity (Wildman–Crippen MR) is 95.3 cm³/mol. The van der Waals surface area contributed by atoms with Gasteiger partial charge in [-0.2, -0.15) is 0 Å². The van der Waals surface area contributed by atoms with Gasteiger partial charge in [0.1, 0.15) is 0 Å². The van der Waals surface area contributed by atoms with Gasteiger partial charge < -0.3 is 4.98 Å². The molecular weight excluding hydrogens is 306 g/mol. The van der Waals surface area contributed by atoms with E-state index in [2.05, 4.69) is 41.3 Å². The molecule has 0 aliphatic carbocycles. The number of benzene rings is 2. The highest BCUT2D eigenvalue weighted by Gasteiger charge is 2.14. The molecule has 0 aliphatic rings. The number of carbonyl (C=O) groups excluding carboxylic acids is 1. The first-order valence-corrected chi connectivity index (χ1v) is 8.19. The largest absolute Gasteiger partial charge is 0.360 e. The summed E-state index contributed by atoms with van der Waals surface area (Å²) in [6, 6.07) is 11.9. The maximum absolute atomic E-state index is 12.6. The number of thiazole rings is 1. The Morgan fingerprint density at radius 3 is 2.87 bits per heavy atom. The van der Waals surface area contributed by atoms with Crippen LogP contribution in [-0.4, -0.2) is 15.9 Å². The van der Waals surface area contributed by atoms with Crippen LogP contribution < -0.4 is 5.32 Å². The van der Waals surface area contributed by atoms with E-state index in [4.69, 9.17) is 0 Å². The smallest absolute Gasteiger partial charge is 0.259 e. The van der Waals surface area contributed by atoms with E-state index in [0.717, 1.165) is 26.7 Å². The molecule has 0 aliphatic heterocycles. The zero-order valence-electron chi connectivity index (χ0n) is 12.8. The molecule has 0 unspecified atom stereocenters. The van der Waals surface area contributed by atoms with Gasteiger partial charge in [-0.05, 0) is 37.1 Å². The molecule has 2 heterocycles. The third-order valence-corrected chi connectivity index (χ3v) is 5.08. The molecule has 2 N–H and O–H groups in total. The van der Waals surface area contributed by atoms with Crippen molar-refractivity contribution >= 4 is 43.5 Å². The molecule has 0 fully saturated rings. The lowest BCUT2D eigenvalue weighted by Gasteiger charge is -2.00. The van der Waals surface area contributed by atoms with Gasteiger partial charge in [-0.1, -0.05) is 35.6 Å². The number of anilines is 1. The summed E-state index contributed by atoms with van der Waals surface area (Å²) in [5.74, 6) is -0.143. The number of fused-ring (bicyclic) bond motifs is 2. The summed E-state index contributed by atoms with van der Waals surface area (Å²) in [6.45, 7) is 4.13. The summed E-state index contributed by atoms with van der Waals surface area (Å²) >= 11 is 1.50. The Morgan fingerprint density at radius 1 is 1.17 bits per heavy atom. The zero-order valence-corrected chi connectivity index (χ0v) is 13.6. The van der Waals surface area contributed by atoms with Crippen molar-refractivity contribution in [3.63, 3.8) is 0 Å². The van der Waals surface area contributed by atoms with Crippen LogP contribution in [0.15, 0.2) is 42.6 Å². The van der Waals surface area contributed by atoms with E-state index in [0.29, 0.717) is 10.7 Å². The summed E-state index contributed by atoms with van der Waals surface area (Å²) in [5, 5.41) is 4.46. The van der Waals surface area contributed by atoms with E-state index in [1.807, 2.05) is 24.3 Å². The van der Waals surface area contributed by atoms with Gasteiger partial charge in [-0.15, -0.1) is 0 Å². The van der Waals surface area contributed by atoms with Crippen LogP contribution in [0.2, 0.25) is 0 Å². The molecule has 4 aromatic rings. The molecule has 0 saturated carbocycles. The van der Waals surface area contributed by atoms with Crippen LogP contribution in [0.1, 0.15) is 21.5 Å². The maximum Gasteiger partial charge on any atom is 0.259 e. The second-order valence-electron chi connectivity index (χ2n) is 5.58. The van der Waals surface area contributed by atoms with Gasteiger partial charge in [0.15, 0.2) is 5.13 Å². The van der Waals surface area contributed by atoms with Crippen molar-refractivity contribution in [3.05, 3.63) is 59.3 Å². The summed E-state index contributed by atoms with van der Waals surface area (Å²) in [6.07, 6.45) is 1.74. The van der Waals surface area contributed by atoms with Gasteiger partial charge in [-0.3, -0.25) is 10.1 Å². The second-order valence-corrected chi connectivity index (χ2v) is 6.61. The third kappa shape index (κ3) is 2.29. The van der Waals surface area contributed by atoms with Crippen LogP contribution >= 0.6 is 11.3 Å². The van der Waals surface area contributed by atoms with Gasteiger partial charge in [0.05, 0.1) is 15.8 Å². The highest BCUT2D eigenvalue weighted by Crippen LogP contribution is 2.30. The number of nitrogens with zero attached hydrogens (tertiary/aromatic N) is 1. The molecule has 23 heavy (non-hydrogen) atoms. The van der Waals surface area contributed by atoms with Gasteiger partial charge in [0, 0.05) is 17.1 Å². The average molecular weight is 321 g/mol. The zero-order chi connectivity index (χ0) is 16.0. The van der Waals surface area contributed by atoms with Gasteiger partial charge in [0.2, 0.25) is 0 Å². The van der Waals surface area contributed by atoms with E-state index in [1.165, 1.54) is 16.9 Å². The number of hydrogen-bond donors (Lipinski definition) is 2. The fourth-order valence-corrected chi connectivity index (χ4v) is 3.62. The molecule has 0 radical (unpaired) electrons. The Hall–Kier alpha value is -2.66. The molecule has 4 rings (SSSR count). The van der Waals surface area contributed by atoms with Crippen LogP contribution in [-0.2, 0) is 0 Å². The second kappa shape index (κ2) is 5.21. The molecule has 0 bridgehead atoms. The topological polar surface area (TPSA) is 57.8 Å². The van der Waals surface area contributed by atoms with Crippen molar-refractivity contribution in [2.75, 3.05) is 5.32 Å². The lowest BCUT2D eigenvalue weighted by atomic mass is 10.1. The van der Waals surface area contributed by atoms with Crippen LogP contribution in [0.4, 0.5) is 5.13 Å². The number of H-pyrrole nitrogens is 1. The number of aryl methyl sites for hydroxylation is 2. The van der Waals surface area contributed by atoms with Gasteiger partial charge in [-0.25, -0.2) is 4.98 Å². The standard InChI is InChI=1S/C18H15N3OS/c1-10-7-8-15-16(11(10)2)20-18(23-15)21-17(22)13-9-19-14-6-4-3-5-12(13)14/h3-9,19H,1-2H3,(H,20,21,22). The fourth-order valence-electron chi connectivity index (χ4n) is 2.70. The molecule has 1 amide bonds. The molecule has 2 aromatic heterocycles. The van der Waals surface area contributed by atoms with Crippen molar-refractivity contribution in [2.24, 2.45) is 0 Å². The minimum Gasteiger partial charge on any atom is -0.360 e. The lowest BCUT2D eigenvalue weighted by molar-refractivity contribution is 0.102. The SMILES string of the molecule is Cc1ccc2sc(NC(=O)c3c[nH]c4ccccc34)nc2c1C. The first-order valence-electron chi connectivity index (χ1n) is 7.37. The number of aromatic amines is 1. The van der Waals surface area contributed by atoms with Crippen molar-refractivity contribution in [2.45, 2.75) is 13.8 Å².